The van der Waals surface area contributed by atoms with E-state index in [-0.39, 0.29) is 29.5 Å². The average molecular weight is 360 g/mol. The molecule has 2 rings (SSSR count). The topological polar surface area (TPSA) is 70.0 Å². The largest absolute Gasteiger partial charge is 0.353 e. The standard InChI is InChI=1S/C17H26F2N2O2S/c18-17(19)14-5-1-4-13(7-14)10-24(23)11-16(22)21-15-6-2-3-12(8-15)9-20/h12-15,17H,1-8,10-11H2,(H,21,22). The molecule has 2 aliphatic rings. The lowest BCUT2D eigenvalue weighted by Gasteiger charge is -2.28. The number of carbonyl (C=O) groups excluding carboxylic acids is 1. The van der Waals surface area contributed by atoms with Crippen molar-refractivity contribution in [3.8, 4) is 6.07 Å². The molecule has 7 heteroatoms. The molecule has 136 valence electrons. The Balaban J connectivity index is 1.71. The maximum atomic E-state index is 12.8. The molecule has 0 aromatic heterocycles. The maximum absolute atomic E-state index is 12.8. The molecule has 5 atom stereocenters. The first kappa shape index (κ1) is 19.3. The predicted molar refractivity (Wildman–Crippen MR) is 88.8 cm³/mol. The van der Waals surface area contributed by atoms with Crippen molar-refractivity contribution in [3.05, 3.63) is 0 Å². The molecule has 0 radical (unpaired) electrons. The first-order chi connectivity index (χ1) is 11.5. The van der Waals surface area contributed by atoms with Crippen molar-refractivity contribution in [1.29, 1.82) is 5.26 Å². The molecule has 2 saturated carbocycles. The molecule has 0 aromatic rings. The molecule has 0 heterocycles. The van der Waals surface area contributed by atoms with Crippen LogP contribution >= 0.6 is 0 Å². The van der Waals surface area contributed by atoms with E-state index in [4.69, 9.17) is 5.26 Å². The fraction of sp³-hybridized carbons (Fsp3) is 0.882. The molecular formula is C17H26F2N2O2S. The van der Waals surface area contributed by atoms with Gasteiger partial charge in [0.15, 0.2) is 0 Å². The normalized spacial score (nSPS) is 32.1. The van der Waals surface area contributed by atoms with E-state index in [0.717, 1.165) is 32.1 Å². The van der Waals surface area contributed by atoms with Crippen LogP contribution in [-0.2, 0) is 15.6 Å². The van der Waals surface area contributed by atoms with Crippen molar-refractivity contribution in [2.75, 3.05) is 11.5 Å². The zero-order valence-electron chi connectivity index (χ0n) is 13.9. The first-order valence-corrected chi connectivity index (χ1v) is 10.3. The van der Waals surface area contributed by atoms with E-state index in [1.807, 2.05) is 0 Å². The van der Waals surface area contributed by atoms with Crippen LogP contribution in [0.2, 0.25) is 0 Å². The van der Waals surface area contributed by atoms with Crippen molar-refractivity contribution in [2.45, 2.75) is 63.8 Å². The van der Waals surface area contributed by atoms with Gasteiger partial charge in [0.2, 0.25) is 12.3 Å². The summed E-state index contributed by atoms with van der Waals surface area (Å²) in [5, 5.41) is 11.8. The number of rotatable bonds is 6. The zero-order chi connectivity index (χ0) is 17.5. The molecule has 4 nitrogen and oxygen atoms in total. The predicted octanol–water partition coefficient (Wildman–Crippen LogP) is 3.01. The van der Waals surface area contributed by atoms with Gasteiger partial charge < -0.3 is 5.32 Å². The van der Waals surface area contributed by atoms with E-state index in [9.17, 15) is 17.8 Å². The Labute approximate surface area is 144 Å². The molecule has 1 N–H and O–H groups in total. The van der Waals surface area contributed by atoms with Crippen LogP contribution in [0.1, 0.15) is 51.4 Å². The van der Waals surface area contributed by atoms with Gasteiger partial charge in [-0.05, 0) is 44.4 Å². The number of nitrogens with zero attached hydrogens (tertiary/aromatic N) is 1. The number of amides is 1. The lowest BCUT2D eigenvalue weighted by molar-refractivity contribution is -0.119. The van der Waals surface area contributed by atoms with Crippen LogP contribution in [-0.4, -0.2) is 34.1 Å². The van der Waals surface area contributed by atoms with Crippen molar-refractivity contribution in [3.63, 3.8) is 0 Å². The second kappa shape index (κ2) is 9.45. The van der Waals surface area contributed by atoms with Gasteiger partial charge in [-0.2, -0.15) is 5.26 Å². The van der Waals surface area contributed by atoms with Crippen molar-refractivity contribution in [2.24, 2.45) is 17.8 Å². The maximum Gasteiger partial charge on any atom is 0.241 e. The van der Waals surface area contributed by atoms with Crippen LogP contribution in [0.3, 0.4) is 0 Å². The highest BCUT2D eigenvalue weighted by atomic mass is 32.2. The van der Waals surface area contributed by atoms with Gasteiger partial charge >= 0.3 is 0 Å². The van der Waals surface area contributed by atoms with Crippen molar-refractivity contribution >= 4 is 16.7 Å². The smallest absolute Gasteiger partial charge is 0.241 e. The Morgan fingerprint density at radius 3 is 2.67 bits per heavy atom. The van der Waals surface area contributed by atoms with Crippen LogP contribution < -0.4 is 5.32 Å². The number of nitrogens with one attached hydrogen (secondary N) is 1. The van der Waals surface area contributed by atoms with E-state index in [2.05, 4.69) is 11.4 Å². The highest BCUT2D eigenvalue weighted by Crippen LogP contribution is 2.33. The van der Waals surface area contributed by atoms with E-state index < -0.39 is 23.1 Å². The Kier molecular flexibility index (Phi) is 7.60. The molecule has 0 aromatic carbocycles. The fourth-order valence-electron chi connectivity index (χ4n) is 3.89. The summed E-state index contributed by atoms with van der Waals surface area (Å²) in [7, 11) is -1.31. The molecule has 2 fully saturated rings. The van der Waals surface area contributed by atoms with Crippen molar-refractivity contribution < 1.29 is 17.8 Å². The lowest BCUT2D eigenvalue weighted by Crippen LogP contribution is -2.40. The van der Waals surface area contributed by atoms with E-state index in [0.29, 0.717) is 25.0 Å². The number of alkyl halides is 2. The van der Waals surface area contributed by atoms with Crippen LogP contribution in [0.5, 0.6) is 0 Å². The van der Waals surface area contributed by atoms with Gasteiger partial charge in [0.1, 0.15) is 5.75 Å². The Bertz CT molecular complexity index is 495. The molecule has 24 heavy (non-hydrogen) atoms. The molecule has 0 aliphatic heterocycles. The Hall–Kier alpha value is -1.03. The van der Waals surface area contributed by atoms with E-state index >= 15 is 0 Å². The molecular weight excluding hydrogens is 334 g/mol. The summed E-state index contributed by atoms with van der Waals surface area (Å²) in [5.74, 6) is -0.545. The van der Waals surface area contributed by atoms with Gasteiger partial charge in [-0.3, -0.25) is 9.00 Å². The second-order valence-electron chi connectivity index (χ2n) is 7.14. The molecule has 0 saturated heterocycles. The monoisotopic (exact) mass is 360 g/mol. The highest BCUT2D eigenvalue weighted by molar-refractivity contribution is 7.85. The average Bonchev–Trinajstić information content (AvgIpc) is 2.54. The minimum absolute atomic E-state index is 0.00852. The van der Waals surface area contributed by atoms with Gasteiger partial charge in [0.25, 0.3) is 0 Å². The third kappa shape index (κ3) is 6.12. The summed E-state index contributed by atoms with van der Waals surface area (Å²) >= 11 is 0. The number of hydrogen-bond acceptors (Lipinski definition) is 3. The molecule has 5 unspecified atom stereocenters. The highest BCUT2D eigenvalue weighted by Gasteiger charge is 2.30. The third-order valence-electron chi connectivity index (χ3n) is 5.12. The number of hydrogen-bond donors (Lipinski definition) is 1. The Morgan fingerprint density at radius 1 is 1.21 bits per heavy atom. The first-order valence-electron chi connectivity index (χ1n) is 8.80. The van der Waals surface area contributed by atoms with Gasteiger partial charge in [-0.15, -0.1) is 0 Å². The van der Waals surface area contributed by atoms with E-state index in [1.54, 1.807) is 0 Å². The van der Waals surface area contributed by atoms with Gasteiger partial charge in [-0.1, -0.05) is 12.8 Å². The van der Waals surface area contributed by atoms with Gasteiger partial charge in [0, 0.05) is 34.4 Å². The summed E-state index contributed by atoms with van der Waals surface area (Å²) in [6.07, 6.45) is 3.54. The SMILES string of the molecule is N#CC1CCCC(NC(=O)CS(=O)CC2CCCC(C(F)F)C2)C1. The lowest BCUT2D eigenvalue weighted by atomic mass is 9.82. The molecule has 1 amide bonds. The quantitative estimate of drug-likeness (QED) is 0.791. The van der Waals surface area contributed by atoms with Crippen molar-refractivity contribution in [1.82, 2.24) is 5.32 Å². The molecule has 2 aliphatic carbocycles. The van der Waals surface area contributed by atoms with Gasteiger partial charge in [0.05, 0.1) is 6.07 Å². The minimum Gasteiger partial charge on any atom is -0.353 e. The molecule has 0 spiro atoms. The summed E-state index contributed by atoms with van der Waals surface area (Å²) in [6.45, 7) is 0. The van der Waals surface area contributed by atoms with Crippen LogP contribution in [0, 0.1) is 29.1 Å². The van der Waals surface area contributed by atoms with E-state index in [1.165, 1.54) is 0 Å². The molecule has 0 bridgehead atoms. The number of nitriles is 1. The van der Waals surface area contributed by atoms with Crippen LogP contribution in [0.25, 0.3) is 0 Å². The summed E-state index contributed by atoms with van der Waals surface area (Å²) in [4.78, 5) is 12.0. The second-order valence-corrected chi connectivity index (χ2v) is 8.64. The van der Waals surface area contributed by atoms with Gasteiger partial charge in [-0.25, -0.2) is 8.78 Å². The van der Waals surface area contributed by atoms with Crippen LogP contribution in [0.15, 0.2) is 0 Å². The number of carbonyl (C=O) groups is 1. The third-order valence-corrected chi connectivity index (χ3v) is 6.54. The van der Waals surface area contributed by atoms with Crippen LogP contribution in [0.4, 0.5) is 8.78 Å². The minimum atomic E-state index is -2.30. The number of halogens is 2. The summed E-state index contributed by atoms with van der Waals surface area (Å²) in [6, 6.07) is 2.23. The summed E-state index contributed by atoms with van der Waals surface area (Å²) < 4.78 is 37.8. The zero-order valence-corrected chi connectivity index (χ0v) is 14.7. The summed E-state index contributed by atoms with van der Waals surface area (Å²) in [5.41, 5.74) is 0. The fourth-order valence-corrected chi connectivity index (χ4v) is 5.21. The Morgan fingerprint density at radius 2 is 1.96 bits per heavy atom.